The average Bonchev–Trinajstić information content (AvgIpc) is 3.49. The third-order valence-electron chi connectivity index (χ3n) is 5.34. The molecule has 1 N–H and O–H groups in total. The maximum atomic E-state index is 12.4. The number of aryl methyl sites for hydroxylation is 1. The minimum Gasteiger partial charge on any atom is -0.351 e. The first-order valence-corrected chi connectivity index (χ1v) is 13.9. The number of amides is 1. The number of unbranched alkanes of at least 4 members (excludes halogenated alkanes) is 2. The predicted molar refractivity (Wildman–Crippen MR) is 145 cm³/mol. The minimum absolute atomic E-state index is 0.132. The molecular formula is C25H25Cl2N5OS2. The van der Waals surface area contributed by atoms with Gasteiger partial charge in [0, 0.05) is 22.5 Å². The number of hydrogen-bond donors (Lipinski definition) is 1. The Labute approximate surface area is 223 Å². The lowest BCUT2D eigenvalue weighted by atomic mass is 10.1. The summed E-state index contributed by atoms with van der Waals surface area (Å²) in [6.45, 7) is 4.82. The van der Waals surface area contributed by atoms with Gasteiger partial charge in [-0.2, -0.15) is 0 Å². The molecule has 0 radical (unpaired) electrons. The summed E-state index contributed by atoms with van der Waals surface area (Å²) in [5.74, 6) is 1.05. The van der Waals surface area contributed by atoms with Gasteiger partial charge in [0.05, 0.1) is 16.5 Å². The molecule has 0 spiro atoms. The second-order valence-electron chi connectivity index (χ2n) is 7.93. The SMILES string of the molecule is CCCCCNC(=O)c1csc(CSc2nnc(-c3ccccc3Cl)n2-c2cc(Cl)ccc2C)n1. The van der Waals surface area contributed by atoms with Crippen molar-refractivity contribution in [1.82, 2.24) is 25.1 Å². The van der Waals surface area contributed by atoms with Crippen molar-refractivity contribution < 1.29 is 4.79 Å². The molecule has 0 saturated heterocycles. The first-order valence-electron chi connectivity index (χ1n) is 11.3. The molecule has 0 bridgehead atoms. The number of nitrogens with zero attached hydrogens (tertiary/aromatic N) is 4. The highest BCUT2D eigenvalue weighted by Gasteiger charge is 2.20. The monoisotopic (exact) mass is 545 g/mol. The van der Waals surface area contributed by atoms with Crippen molar-refractivity contribution in [1.29, 1.82) is 0 Å². The number of hydrogen-bond acceptors (Lipinski definition) is 6. The Kier molecular flexibility index (Phi) is 8.83. The summed E-state index contributed by atoms with van der Waals surface area (Å²) in [6, 6.07) is 13.3. The van der Waals surface area contributed by atoms with Crippen LogP contribution in [0.2, 0.25) is 10.0 Å². The Bertz CT molecular complexity index is 1320. The lowest BCUT2D eigenvalue weighted by molar-refractivity contribution is 0.0948. The smallest absolute Gasteiger partial charge is 0.270 e. The highest BCUT2D eigenvalue weighted by Crippen LogP contribution is 2.35. The zero-order valence-corrected chi connectivity index (χ0v) is 22.6. The maximum Gasteiger partial charge on any atom is 0.270 e. The molecule has 4 aromatic rings. The van der Waals surface area contributed by atoms with Crippen molar-refractivity contribution in [3.63, 3.8) is 0 Å². The quantitative estimate of drug-likeness (QED) is 0.168. The summed E-state index contributed by atoms with van der Waals surface area (Å²) >= 11 is 15.8. The van der Waals surface area contributed by atoms with Crippen molar-refractivity contribution in [2.45, 2.75) is 44.0 Å². The zero-order valence-electron chi connectivity index (χ0n) is 19.4. The topological polar surface area (TPSA) is 72.7 Å². The molecule has 35 heavy (non-hydrogen) atoms. The van der Waals surface area contributed by atoms with Gasteiger partial charge in [-0.25, -0.2) is 4.98 Å². The Hall–Kier alpha value is -2.39. The van der Waals surface area contributed by atoms with Crippen molar-refractivity contribution >= 4 is 52.2 Å². The van der Waals surface area contributed by atoms with E-state index in [1.54, 1.807) is 5.38 Å². The fourth-order valence-electron chi connectivity index (χ4n) is 3.50. The van der Waals surface area contributed by atoms with Gasteiger partial charge in [-0.1, -0.05) is 72.9 Å². The number of carbonyl (C=O) groups is 1. The molecule has 2 aromatic heterocycles. The molecule has 0 saturated carbocycles. The summed E-state index contributed by atoms with van der Waals surface area (Å²) < 4.78 is 1.97. The summed E-state index contributed by atoms with van der Waals surface area (Å²) in [5, 5.41) is 16.4. The highest BCUT2D eigenvalue weighted by atomic mass is 35.5. The van der Waals surface area contributed by atoms with E-state index in [2.05, 4.69) is 27.4 Å². The van der Waals surface area contributed by atoms with Gasteiger partial charge in [-0.05, 0) is 43.2 Å². The van der Waals surface area contributed by atoms with Crippen LogP contribution in [0.4, 0.5) is 0 Å². The van der Waals surface area contributed by atoms with E-state index in [4.69, 9.17) is 23.2 Å². The molecule has 2 heterocycles. The summed E-state index contributed by atoms with van der Waals surface area (Å²) in [6.07, 6.45) is 3.19. The van der Waals surface area contributed by atoms with E-state index < -0.39 is 0 Å². The van der Waals surface area contributed by atoms with Gasteiger partial charge in [0.2, 0.25) is 0 Å². The summed E-state index contributed by atoms with van der Waals surface area (Å²) in [7, 11) is 0. The van der Waals surface area contributed by atoms with Crippen LogP contribution in [0.3, 0.4) is 0 Å². The Balaban J connectivity index is 1.58. The Morgan fingerprint density at radius 1 is 1.14 bits per heavy atom. The normalized spacial score (nSPS) is 11.1. The van der Waals surface area contributed by atoms with Gasteiger partial charge in [-0.3, -0.25) is 9.36 Å². The summed E-state index contributed by atoms with van der Waals surface area (Å²) in [5.41, 5.74) is 3.14. The number of rotatable bonds is 10. The lowest BCUT2D eigenvalue weighted by Gasteiger charge is -2.14. The molecule has 0 aliphatic heterocycles. The second-order valence-corrected chi connectivity index (χ2v) is 10.7. The van der Waals surface area contributed by atoms with Crippen LogP contribution in [-0.4, -0.2) is 32.2 Å². The summed E-state index contributed by atoms with van der Waals surface area (Å²) in [4.78, 5) is 16.9. The molecule has 0 atom stereocenters. The number of nitrogens with one attached hydrogen (secondary N) is 1. The molecule has 6 nitrogen and oxygen atoms in total. The van der Waals surface area contributed by atoms with Crippen LogP contribution in [0.1, 0.15) is 47.2 Å². The highest BCUT2D eigenvalue weighted by molar-refractivity contribution is 7.98. The van der Waals surface area contributed by atoms with Gasteiger partial charge in [0.25, 0.3) is 5.91 Å². The molecule has 1 amide bonds. The van der Waals surface area contributed by atoms with Crippen LogP contribution in [0.5, 0.6) is 0 Å². The van der Waals surface area contributed by atoms with E-state index in [0.717, 1.165) is 41.1 Å². The van der Waals surface area contributed by atoms with Crippen LogP contribution in [-0.2, 0) is 5.75 Å². The van der Waals surface area contributed by atoms with Gasteiger partial charge >= 0.3 is 0 Å². The van der Waals surface area contributed by atoms with E-state index >= 15 is 0 Å². The number of benzene rings is 2. The lowest BCUT2D eigenvalue weighted by Crippen LogP contribution is -2.24. The Morgan fingerprint density at radius 2 is 1.97 bits per heavy atom. The largest absolute Gasteiger partial charge is 0.351 e. The van der Waals surface area contributed by atoms with Gasteiger partial charge in [0.1, 0.15) is 10.7 Å². The van der Waals surface area contributed by atoms with Crippen molar-refractivity contribution in [3.05, 3.63) is 74.2 Å². The number of carbonyl (C=O) groups excluding carboxylic acids is 1. The third kappa shape index (κ3) is 6.25. The van der Waals surface area contributed by atoms with E-state index in [1.165, 1.54) is 23.1 Å². The van der Waals surface area contributed by atoms with Gasteiger partial charge in [-0.15, -0.1) is 21.5 Å². The molecule has 0 fully saturated rings. The maximum absolute atomic E-state index is 12.4. The van der Waals surface area contributed by atoms with Crippen LogP contribution in [0.25, 0.3) is 17.1 Å². The number of aromatic nitrogens is 4. The second kappa shape index (κ2) is 12.0. The van der Waals surface area contributed by atoms with E-state index in [1.807, 2.05) is 54.0 Å². The first kappa shape index (κ1) is 25.7. The number of thioether (sulfide) groups is 1. The minimum atomic E-state index is -0.132. The molecule has 0 aliphatic carbocycles. The first-order chi connectivity index (χ1) is 17.0. The van der Waals surface area contributed by atoms with Crippen LogP contribution >= 0.6 is 46.3 Å². The fraction of sp³-hybridized carbons (Fsp3) is 0.280. The van der Waals surface area contributed by atoms with Crippen LogP contribution in [0, 0.1) is 6.92 Å². The Morgan fingerprint density at radius 3 is 2.77 bits per heavy atom. The zero-order chi connectivity index (χ0) is 24.8. The predicted octanol–water partition coefficient (Wildman–Crippen LogP) is 7.22. The van der Waals surface area contributed by atoms with Crippen molar-refractivity contribution in [2.24, 2.45) is 0 Å². The third-order valence-corrected chi connectivity index (χ3v) is 7.87. The average molecular weight is 547 g/mol. The van der Waals surface area contributed by atoms with E-state index in [-0.39, 0.29) is 5.91 Å². The molecule has 2 aromatic carbocycles. The molecule has 182 valence electrons. The van der Waals surface area contributed by atoms with Crippen molar-refractivity contribution in [3.8, 4) is 17.1 Å². The fourth-order valence-corrected chi connectivity index (χ4v) is 5.62. The molecule has 4 rings (SSSR count). The standard InChI is InChI=1S/C25H25Cl2N5OS2/c1-3-4-7-12-28-24(33)20-14-34-22(29-20)15-35-25-31-30-23(18-8-5-6-9-19(18)27)32(25)21-13-17(26)11-10-16(21)2/h5-6,8-11,13-14H,3-4,7,12,15H2,1-2H3,(H,28,33). The number of halogens is 2. The number of thiazole rings is 1. The molecule has 0 aliphatic rings. The van der Waals surface area contributed by atoms with Crippen LogP contribution < -0.4 is 5.32 Å². The van der Waals surface area contributed by atoms with Crippen molar-refractivity contribution in [2.75, 3.05) is 6.54 Å². The molecule has 0 unspecified atom stereocenters. The molecule has 10 heteroatoms. The van der Waals surface area contributed by atoms with E-state index in [9.17, 15) is 4.79 Å². The van der Waals surface area contributed by atoms with Gasteiger partial charge < -0.3 is 5.32 Å². The van der Waals surface area contributed by atoms with Gasteiger partial charge in [0.15, 0.2) is 11.0 Å². The molecular weight excluding hydrogens is 521 g/mol. The van der Waals surface area contributed by atoms with E-state index in [0.29, 0.717) is 39.0 Å². The van der Waals surface area contributed by atoms with Crippen LogP contribution in [0.15, 0.2) is 53.0 Å².